The number of nitrogens with zero attached hydrogens (tertiary/aromatic N) is 2. The maximum absolute atomic E-state index is 4.49. The van der Waals surface area contributed by atoms with Crippen molar-refractivity contribution in [2.45, 2.75) is 59.5 Å². The number of anilines is 1. The summed E-state index contributed by atoms with van der Waals surface area (Å²) in [7, 11) is 0. The second-order valence-corrected chi connectivity index (χ2v) is 7.04. The van der Waals surface area contributed by atoms with Crippen LogP contribution >= 0.6 is 0 Å². The molecule has 1 fully saturated rings. The molecule has 1 aromatic rings. The molecule has 0 bridgehead atoms. The Balaban J connectivity index is 2.17. The van der Waals surface area contributed by atoms with Gasteiger partial charge in [-0.3, -0.25) is 4.98 Å². The molecule has 2 rings (SSSR count). The molecule has 3 nitrogen and oxygen atoms in total. The minimum atomic E-state index is 0.135. The minimum Gasteiger partial charge on any atom is -0.371 e. The molecule has 1 heterocycles. The van der Waals surface area contributed by atoms with Gasteiger partial charge in [-0.15, -0.1) is 0 Å². The summed E-state index contributed by atoms with van der Waals surface area (Å²) in [6, 6.07) is 2.24. The molecular weight excluding hydrogens is 246 g/mol. The molecule has 0 radical (unpaired) electrons. The lowest BCUT2D eigenvalue weighted by atomic mass is 10.1. The predicted molar refractivity (Wildman–Crippen MR) is 86.2 cm³/mol. The number of aromatic nitrogens is 1. The molecule has 1 aliphatic carbocycles. The lowest BCUT2D eigenvalue weighted by molar-refractivity contribution is 0.424. The summed E-state index contributed by atoms with van der Waals surface area (Å²) in [6.07, 6.45) is 4.84. The van der Waals surface area contributed by atoms with Crippen molar-refractivity contribution in [1.82, 2.24) is 10.3 Å². The smallest absolute Gasteiger partial charge is 0.0445 e. The number of hydrogen-bond donors (Lipinski definition) is 1. The van der Waals surface area contributed by atoms with E-state index in [2.05, 4.69) is 55.9 Å². The predicted octanol–water partition coefficient (Wildman–Crippen LogP) is 3.51. The van der Waals surface area contributed by atoms with Gasteiger partial charge in [-0.25, -0.2) is 0 Å². The number of nitrogens with one attached hydrogen (secondary N) is 1. The van der Waals surface area contributed by atoms with Crippen LogP contribution in [0.4, 0.5) is 5.69 Å². The van der Waals surface area contributed by atoms with E-state index in [-0.39, 0.29) is 5.54 Å². The Morgan fingerprint density at radius 1 is 1.35 bits per heavy atom. The molecule has 0 aliphatic heterocycles. The average Bonchev–Trinajstić information content (AvgIpc) is 3.17. The normalized spacial score (nSPS) is 15.4. The van der Waals surface area contributed by atoms with E-state index in [9.17, 15) is 0 Å². The molecule has 0 atom stereocenters. The topological polar surface area (TPSA) is 28.2 Å². The van der Waals surface area contributed by atoms with Crippen molar-refractivity contribution in [2.24, 2.45) is 5.92 Å². The van der Waals surface area contributed by atoms with Crippen LogP contribution < -0.4 is 10.2 Å². The Hall–Kier alpha value is -1.09. The Morgan fingerprint density at radius 3 is 2.60 bits per heavy atom. The maximum Gasteiger partial charge on any atom is 0.0445 e. The minimum absolute atomic E-state index is 0.135. The van der Waals surface area contributed by atoms with Crippen molar-refractivity contribution >= 4 is 5.69 Å². The lowest BCUT2D eigenvalue weighted by Gasteiger charge is -2.28. The van der Waals surface area contributed by atoms with Gasteiger partial charge in [0.2, 0.25) is 0 Å². The zero-order valence-electron chi connectivity index (χ0n) is 13.7. The standard InChI is InChI=1S/C17H29N3/c1-6-20(12-14-7-8-14)16-9-13(2)18-10-15(16)11-19-17(3,4)5/h9-10,14,19H,6-8,11-12H2,1-5H3. The molecule has 0 unspecified atom stereocenters. The summed E-state index contributed by atoms with van der Waals surface area (Å²) in [5.41, 5.74) is 3.92. The van der Waals surface area contributed by atoms with E-state index < -0.39 is 0 Å². The van der Waals surface area contributed by atoms with E-state index in [4.69, 9.17) is 0 Å². The summed E-state index contributed by atoms with van der Waals surface area (Å²) in [4.78, 5) is 7.01. The molecule has 0 amide bonds. The van der Waals surface area contributed by atoms with E-state index in [0.717, 1.165) is 24.7 Å². The van der Waals surface area contributed by atoms with Crippen molar-refractivity contribution in [3.05, 3.63) is 23.5 Å². The fourth-order valence-electron chi connectivity index (χ4n) is 2.37. The number of hydrogen-bond acceptors (Lipinski definition) is 3. The molecule has 0 spiro atoms. The quantitative estimate of drug-likeness (QED) is 0.861. The van der Waals surface area contributed by atoms with E-state index in [1.165, 1.54) is 30.6 Å². The Morgan fingerprint density at radius 2 is 2.05 bits per heavy atom. The highest BCUT2D eigenvalue weighted by atomic mass is 15.1. The van der Waals surface area contributed by atoms with Gasteiger partial charge in [0.05, 0.1) is 0 Å². The molecule has 112 valence electrons. The van der Waals surface area contributed by atoms with Gasteiger partial charge in [-0.1, -0.05) is 0 Å². The van der Waals surface area contributed by atoms with Crippen molar-refractivity contribution < 1.29 is 0 Å². The third-order valence-electron chi connectivity index (χ3n) is 3.81. The van der Waals surface area contributed by atoms with Crippen molar-refractivity contribution in [3.63, 3.8) is 0 Å². The largest absolute Gasteiger partial charge is 0.371 e. The maximum atomic E-state index is 4.49. The lowest BCUT2D eigenvalue weighted by Crippen LogP contribution is -2.36. The molecule has 20 heavy (non-hydrogen) atoms. The van der Waals surface area contributed by atoms with Gasteiger partial charge in [-0.2, -0.15) is 0 Å². The Labute approximate surface area is 123 Å². The van der Waals surface area contributed by atoms with Crippen molar-refractivity contribution in [2.75, 3.05) is 18.0 Å². The average molecular weight is 275 g/mol. The van der Waals surface area contributed by atoms with Gasteiger partial charge in [0, 0.05) is 48.3 Å². The second-order valence-electron chi connectivity index (χ2n) is 7.04. The highest BCUT2D eigenvalue weighted by molar-refractivity contribution is 5.53. The number of rotatable bonds is 6. The second kappa shape index (κ2) is 6.13. The molecule has 1 N–H and O–H groups in total. The van der Waals surface area contributed by atoms with E-state index in [1.54, 1.807) is 0 Å². The van der Waals surface area contributed by atoms with Gasteiger partial charge in [-0.05, 0) is 59.4 Å². The molecule has 1 saturated carbocycles. The molecule has 0 aromatic carbocycles. The van der Waals surface area contributed by atoms with Crippen LogP contribution in [0.25, 0.3) is 0 Å². The van der Waals surface area contributed by atoms with Crippen LogP contribution in [0, 0.1) is 12.8 Å². The summed E-state index contributed by atoms with van der Waals surface area (Å²) < 4.78 is 0. The Bertz CT molecular complexity index is 444. The van der Waals surface area contributed by atoms with E-state index in [0.29, 0.717) is 0 Å². The third-order valence-corrected chi connectivity index (χ3v) is 3.81. The molecule has 3 heteroatoms. The van der Waals surface area contributed by atoms with Crippen molar-refractivity contribution in [1.29, 1.82) is 0 Å². The summed E-state index contributed by atoms with van der Waals surface area (Å²) in [5.74, 6) is 0.909. The first kappa shape index (κ1) is 15.3. The molecule has 0 saturated heterocycles. The zero-order chi connectivity index (χ0) is 14.8. The van der Waals surface area contributed by atoms with Gasteiger partial charge < -0.3 is 10.2 Å². The molecule has 1 aliphatic rings. The highest BCUT2D eigenvalue weighted by Crippen LogP contribution is 2.32. The fourth-order valence-corrected chi connectivity index (χ4v) is 2.37. The summed E-state index contributed by atoms with van der Waals surface area (Å²) >= 11 is 0. The number of aryl methyl sites for hydroxylation is 1. The van der Waals surface area contributed by atoms with Crippen LogP contribution in [0.5, 0.6) is 0 Å². The van der Waals surface area contributed by atoms with Crippen LogP contribution in [-0.2, 0) is 6.54 Å². The van der Waals surface area contributed by atoms with Crippen LogP contribution in [0.1, 0.15) is 51.8 Å². The third kappa shape index (κ3) is 4.48. The molecule has 1 aromatic heterocycles. The van der Waals surface area contributed by atoms with Gasteiger partial charge >= 0.3 is 0 Å². The first-order chi connectivity index (χ1) is 9.39. The van der Waals surface area contributed by atoms with Gasteiger partial charge in [0.15, 0.2) is 0 Å². The number of pyridine rings is 1. The summed E-state index contributed by atoms with van der Waals surface area (Å²) in [5, 5.41) is 3.58. The Kier molecular flexibility index (Phi) is 4.69. The van der Waals surface area contributed by atoms with Crippen LogP contribution in [0.3, 0.4) is 0 Å². The van der Waals surface area contributed by atoms with E-state index in [1.807, 2.05) is 6.20 Å². The first-order valence-electron chi connectivity index (χ1n) is 7.84. The monoisotopic (exact) mass is 275 g/mol. The first-order valence-corrected chi connectivity index (χ1v) is 7.84. The highest BCUT2D eigenvalue weighted by Gasteiger charge is 2.25. The fraction of sp³-hybridized carbons (Fsp3) is 0.706. The summed E-state index contributed by atoms with van der Waals surface area (Å²) in [6.45, 7) is 14.1. The van der Waals surface area contributed by atoms with Crippen LogP contribution in [0.2, 0.25) is 0 Å². The van der Waals surface area contributed by atoms with Gasteiger partial charge in [0.1, 0.15) is 0 Å². The van der Waals surface area contributed by atoms with E-state index >= 15 is 0 Å². The van der Waals surface area contributed by atoms with Crippen molar-refractivity contribution in [3.8, 4) is 0 Å². The zero-order valence-corrected chi connectivity index (χ0v) is 13.7. The SMILES string of the molecule is CCN(CC1CC1)c1cc(C)ncc1CNC(C)(C)C. The van der Waals surface area contributed by atoms with Gasteiger partial charge in [0.25, 0.3) is 0 Å². The van der Waals surface area contributed by atoms with Crippen LogP contribution in [-0.4, -0.2) is 23.6 Å². The molecular formula is C17H29N3. The van der Waals surface area contributed by atoms with Crippen LogP contribution in [0.15, 0.2) is 12.3 Å².